The van der Waals surface area contributed by atoms with E-state index in [-0.39, 0.29) is 5.60 Å². The largest absolute Gasteiger partial charge is 0.373 e. The highest BCUT2D eigenvalue weighted by Crippen LogP contribution is 2.15. The average Bonchev–Trinajstić information content (AvgIpc) is 1.81. The van der Waals surface area contributed by atoms with E-state index in [2.05, 4.69) is 33.0 Å². The number of hydrogen-bond acceptors (Lipinski definition) is 2. The third-order valence-corrected chi connectivity index (χ3v) is 1.53. The monoisotopic (exact) mass is 159 g/mol. The number of nitrogens with one attached hydrogen (secondary N) is 1. The standard InChI is InChI=1S/C9H21NO/c1-8(2)11-9(3,4)6-7-10-5/h8,10H,6-7H2,1-5H3. The van der Waals surface area contributed by atoms with Crippen LogP contribution < -0.4 is 5.32 Å². The van der Waals surface area contributed by atoms with Gasteiger partial charge in [0, 0.05) is 0 Å². The number of rotatable bonds is 5. The van der Waals surface area contributed by atoms with E-state index in [4.69, 9.17) is 4.74 Å². The molecule has 0 atom stereocenters. The van der Waals surface area contributed by atoms with Crippen LogP contribution in [0.5, 0.6) is 0 Å². The van der Waals surface area contributed by atoms with Gasteiger partial charge in [-0.05, 0) is 47.7 Å². The summed E-state index contributed by atoms with van der Waals surface area (Å²) in [5.74, 6) is 0. The van der Waals surface area contributed by atoms with E-state index >= 15 is 0 Å². The van der Waals surface area contributed by atoms with E-state index in [0.29, 0.717) is 6.10 Å². The molecular weight excluding hydrogens is 138 g/mol. The minimum absolute atomic E-state index is 0.0111. The fraction of sp³-hybridized carbons (Fsp3) is 1.00. The zero-order valence-corrected chi connectivity index (χ0v) is 8.40. The Kier molecular flexibility index (Phi) is 4.69. The third kappa shape index (κ3) is 6.32. The molecule has 0 aromatic carbocycles. The van der Waals surface area contributed by atoms with Crippen LogP contribution in [-0.2, 0) is 4.74 Å². The molecule has 2 heteroatoms. The third-order valence-electron chi connectivity index (χ3n) is 1.53. The smallest absolute Gasteiger partial charge is 0.0642 e. The number of hydrogen-bond donors (Lipinski definition) is 1. The fourth-order valence-electron chi connectivity index (χ4n) is 1.12. The first-order valence-electron chi connectivity index (χ1n) is 4.30. The van der Waals surface area contributed by atoms with Crippen molar-refractivity contribution in [3.05, 3.63) is 0 Å². The molecule has 68 valence electrons. The molecule has 0 heterocycles. The predicted octanol–water partition coefficient (Wildman–Crippen LogP) is 1.80. The molecule has 1 N–H and O–H groups in total. The van der Waals surface area contributed by atoms with E-state index in [9.17, 15) is 0 Å². The van der Waals surface area contributed by atoms with Crippen molar-refractivity contribution in [3.8, 4) is 0 Å². The maximum absolute atomic E-state index is 5.70. The van der Waals surface area contributed by atoms with E-state index in [0.717, 1.165) is 13.0 Å². The van der Waals surface area contributed by atoms with Gasteiger partial charge in [-0.15, -0.1) is 0 Å². The average molecular weight is 159 g/mol. The highest BCUT2D eigenvalue weighted by molar-refractivity contribution is 4.70. The molecule has 2 nitrogen and oxygen atoms in total. The summed E-state index contributed by atoms with van der Waals surface area (Å²) in [5.41, 5.74) is 0.0111. The molecule has 0 bridgehead atoms. The maximum atomic E-state index is 5.70. The lowest BCUT2D eigenvalue weighted by atomic mass is 10.1. The Hall–Kier alpha value is -0.0800. The normalized spacial score (nSPS) is 12.5. The maximum Gasteiger partial charge on any atom is 0.0642 e. The molecule has 0 aromatic heterocycles. The molecule has 0 rings (SSSR count). The Morgan fingerprint density at radius 2 is 1.91 bits per heavy atom. The van der Waals surface area contributed by atoms with Crippen molar-refractivity contribution in [1.29, 1.82) is 0 Å². The highest BCUT2D eigenvalue weighted by Gasteiger charge is 2.18. The van der Waals surface area contributed by atoms with Crippen LogP contribution in [0, 0.1) is 0 Å². The van der Waals surface area contributed by atoms with Crippen LogP contribution in [0.4, 0.5) is 0 Å². The van der Waals surface area contributed by atoms with Gasteiger partial charge in [0.05, 0.1) is 11.7 Å². The molecule has 0 amide bonds. The second kappa shape index (κ2) is 4.73. The van der Waals surface area contributed by atoms with Crippen molar-refractivity contribution in [2.75, 3.05) is 13.6 Å². The molecule has 0 aliphatic heterocycles. The molecule has 0 radical (unpaired) electrons. The van der Waals surface area contributed by atoms with Crippen molar-refractivity contribution in [2.45, 2.75) is 45.8 Å². The van der Waals surface area contributed by atoms with Crippen molar-refractivity contribution < 1.29 is 4.74 Å². The second-order valence-corrected chi connectivity index (χ2v) is 3.78. The second-order valence-electron chi connectivity index (χ2n) is 3.78. The lowest BCUT2D eigenvalue weighted by Gasteiger charge is -2.27. The summed E-state index contributed by atoms with van der Waals surface area (Å²) in [6.45, 7) is 9.41. The first-order chi connectivity index (χ1) is 4.98. The summed E-state index contributed by atoms with van der Waals surface area (Å²) in [6.07, 6.45) is 1.38. The molecule has 0 saturated heterocycles. The van der Waals surface area contributed by atoms with Gasteiger partial charge in [-0.3, -0.25) is 0 Å². The Labute approximate surface area is 70.3 Å². The van der Waals surface area contributed by atoms with E-state index in [1.165, 1.54) is 0 Å². The van der Waals surface area contributed by atoms with Crippen LogP contribution >= 0.6 is 0 Å². The lowest BCUT2D eigenvalue weighted by Crippen LogP contribution is -2.31. The van der Waals surface area contributed by atoms with Gasteiger partial charge in [0.1, 0.15) is 0 Å². The summed E-state index contributed by atoms with van der Waals surface area (Å²) < 4.78 is 5.70. The van der Waals surface area contributed by atoms with Gasteiger partial charge in [-0.25, -0.2) is 0 Å². The minimum Gasteiger partial charge on any atom is -0.373 e. The minimum atomic E-state index is 0.0111. The molecule has 11 heavy (non-hydrogen) atoms. The van der Waals surface area contributed by atoms with Crippen molar-refractivity contribution >= 4 is 0 Å². The highest BCUT2D eigenvalue weighted by atomic mass is 16.5. The van der Waals surface area contributed by atoms with Gasteiger partial charge in [0.2, 0.25) is 0 Å². The SMILES string of the molecule is CNCCC(C)(C)OC(C)C. The van der Waals surface area contributed by atoms with E-state index in [1.807, 2.05) is 7.05 Å². The van der Waals surface area contributed by atoms with Crippen molar-refractivity contribution in [3.63, 3.8) is 0 Å². The van der Waals surface area contributed by atoms with Crippen LogP contribution in [0.25, 0.3) is 0 Å². The van der Waals surface area contributed by atoms with Crippen LogP contribution in [-0.4, -0.2) is 25.3 Å². The molecule has 0 aromatic rings. The van der Waals surface area contributed by atoms with E-state index < -0.39 is 0 Å². The van der Waals surface area contributed by atoms with Gasteiger partial charge in [-0.1, -0.05) is 0 Å². The lowest BCUT2D eigenvalue weighted by molar-refractivity contribution is -0.0595. The molecule has 0 unspecified atom stereocenters. The first kappa shape index (κ1) is 10.9. The molecule has 0 spiro atoms. The molecule has 0 aliphatic carbocycles. The summed E-state index contributed by atoms with van der Waals surface area (Å²) in [7, 11) is 1.96. The predicted molar refractivity (Wildman–Crippen MR) is 48.8 cm³/mol. The summed E-state index contributed by atoms with van der Waals surface area (Å²) >= 11 is 0. The van der Waals surface area contributed by atoms with Crippen molar-refractivity contribution in [1.82, 2.24) is 5.32 Å². The Bertz CT molecular complexity index is 99.7. The summed E-state index contributed by atoms with van der Waals surface area (Å²) in [5, 5.41) is 3.12. The van der Waals surface area contributed by atoms with Gasteiger partial charge in [0.25, 0.3) is 0 Å². The molecular formula is C9H21NO. The zero-order chi connectivity index (χ0) is 8.91. The van der Waals surface area contributed by atoms with Gasteiger partial charge < -0.3 is 10.1 Å². The Morgan fingerprint density at radius 1 is 1.36 bits per heavy atom. The van der Waals surface area contributed by atoms with Gasteiger partial charge in [0.15, 0.2) is 0 Å². The molecule has 0 saturated carbocycles. The van der Waals surface area contributed by atoms with Crippen molar-refractivity contribution in [2.24, 2.45) is 0 Å². The zero-order valence-electron chi connectivity index (χ0n) is 8.40. The fourth-order valence-corrected chi connectivity index (χ4v) is 1.12. The first-order valence-corrected chi connectivity index (χ1v) is 4.30. The van der Waals surface area contributed by atoms with Crippen LogP contribution in [0.3, 0.4) is 0 Å². The van der Waals surface area contributed by atoms with Crippen LogP contribution in [0.15, 0.2) is 0 Å². The van der Waals surface area contributed by atoms with Crippen LogP contribution in [0.2, 0.25) is 0 Å². The van der Waals surface area contributed by atoms with Gasteiger partial charge in [-0.2, -0.15) is 0 Å². The quantitative estimate of drug-likeness (QED) is 0.660. The Balaban J connectivity index is 3.61. The topological polar surface area (TPSA) is 21.3 Å². The van der Waals surface area contributed by atoms with E-state index in [1.54, 1.807) is 0 Å². The summed E-state index contributed by atoms with van der Waals surface area (Å²) in [4.78, 5) is 0. The molecule has 0 aliphatic rings. The van der Waals surface area contributed by atoms with Gasteiger partial charge >= 0.3 is 0 Å². The summed E-state index contributed by atoms with van der Waals surface area (Å²) in [6, 6.07) is 0. The van der Waals surface area contributed by atoms with Crippen LogP contribution in [0.1, 0.15) is 34.1 Å². The Morgan fingerprint density at radius 3 is 2.27 bits per heavy atom. The molecule has 0 fully saturated rings. The number of ether oxygens (including phenoxy) is 1.